The third kappa shape index (κ3) is 6.33. The molecule has 0 unspecified atom stereocenters. The van der Waals surface area contributed by atoms with Gasteiger partial charge in [-0.2, -0.15) is 4.98 Å². The predicted octanol–water partition coefficient (Wildman–Crippen LogP) is 5.06. The number of nitrogens with zero attached hydrogens (tertiary/aromatic N) is 4. The van der Waals surface area contributed by atoms with Gasteiger partial charge < -0.3 is 19.1 Å². The SMILES string of the molecule is CCN(CC)C(=O)Cc1ccc(OCC[C@@H]2C[C@@H]2C2CCN(c3nc(C(C)C)no3)CC2)cc1F. The summed E-state index contributed by atoms with van der Waals surface area (Å²) in [5.41, 5.74) is 0.420. The maximum Gasteiger partial charge on any atom is 0.324 e. The third-order valence-corrected chi connectivity index (χ3v) is 7.58. The average molecular weight is 487 g/mol. The molecule has 1 aromatic carbocycles. The predicted molar refractivity (Wildman–Crippen MR) is 133 cm³/mol. The lowest BCUT2D eigenvalue weighted by Gasteiger charge is -2.30. The highest BCUT2D eigenvalue weighted by molar-refractivity contribution is 5.78. The molecule has 0 radical (unpaired) electrons. The van der Waals surface area contributed by atoms with Crippen LogP contribution in [0.25, 0.3) is 0 Å². The zero-order valence-electron chi connectivity index (χ0n) is 21.5. The first kappa shape index (κ1) is 25.5. The van der Waals surface area contributed by atoms with Gasteiger partial charge in [-0.1, -0.05) is 25.1 Å². The molecule has 2 aliphatic rings. The summed E-state index contributed by atoms with van der Waals surface area (Å²) in [4.78, 5) is 20.7. The molecule has 1 aliphatic carbocycles. The van der Waals surface area contributed by atoms with Gasteiger partial charge in [-0.3, -0.25) is 4.79 Å². The summed E-state index contributed by atoms with van der Waals surface area (Å²) >= 11 is 0. The molecular formula is C27H39FN4O3. The fraction of sp³-hybridized carbons (Fsp3) is 0.667. The van der Waals surface area contributed by atoms with E-state index in [1.807, 2.05) is 13.8 Å². The van der Waals surface area contributed by atoms with E-state index in [4.69, 9.17) is 9.26 Å². The second-order valence-corrected chi connectivity index (χ2v) is 10.2. The molecule has 0 bridgehead atoms. The summed E-state index contributed by atoms with van der Waals surface area (Å²) in [7, 11) is 0. The highest BCUT2D eigenvalue weighted by atomic mass is 19.1. The molecule has 2 atom stereocenters. The van der Waals surface area contributed by atoms with E-state index in [2.05, 4.69) is 28.9 Å². The van der Waals surface area contributed by atoms with Gasteiger partial charge in [-0.25, -0.2) is 4.39 Å². The van der Waals surface area contributed by atoms with Gasteiger partial charge in [0, 0.05) is 38.2 Å². The minimum absolute atomic E-state index is 0.0504. The summed E-state index contributed by atoms with van der Waals surface area (Å²) < 4.78 is 25.8. The van der Waals surface area contributed by atoms with E-state index in [-0.39, 0.29) is 24.1 Å². The summed E-state index contributed by atoms with van der Waals surface area (Å²) in [6, 6.07) is 5.51. The molecule has 2 heterocycles. The number of carbonyl (C=O) groups excluding carboxylic acids is 1. The van der Waals surface area contributed by atoms with Crippen LogP contribution in [0.1, 0.15) is 70.7 Å². The minimum Gasteiger partial charge on any atom is -0.493 e. The van der Waals surface area contributed by atoms with Gasteiger partial charge in [-0.05, 0) is 68.9 Å². The molecule has 1 saturated heterocycles. The van der Waals surface area contributed by atoms with Crippen molar-refractivity contribution in [2.24, 2.45) is 17.8 Å². The summed E-state index contributed by atoms with van der Waals surface area (Å²) in [5.74, 6) is 3.35. The minimum atomic E-state index is -0.374. The first-order valence-corrected chi connectivity index (χ1v) is 13.2. The maximum atomic E-state index is 14.5. The van der Waals surface area contributed by atoms with E-state index < -0.39 is 0 Å². The number of carbonyl (C=O) groups is 1. The van der Waals surface area contributed by atoms with Crippen LogP contribution in [-0.2, 0) is 11.2 Å². The van der Waals surface area contributed by atoms with E-state index in [0.717, 1.165) is 50.0 Å². The monoisotopic (exact) mass is 486 g/mol. The molecule has 1 aliphatic heterocycles. The van der Waals surface area contributed by atoms with E-state index >= 15 is 0 Å². The first-order valence-electron chi connectivity index (χ1n) is 13.2. The number of piperidine rings is 1. The Bertz CT molecular complexity index is 983. The maximum absolute atomic E-state index is 14.5. The van der Waals surface area contributed by atoms with Crippen molar-refractivity contribution in [3.05, 3.63) is 35.4 Å². The Morgan fingerprint density at radius 3 is 2.63 bits per heavy atom. The summed E-state index contributed by atoms with van der Waals surface area (Å²) in [6.07, 6.45) is 4.64. The zero-order valence-corrected chi connectivity index (χ0v) is 21.5. The lowest BCUT2D eigenvalue weighted by atomic mass is 9.90. The van der Waals surface area contributed by atoms with Gasteiger partial charge >= 0.3 is 6.01 Å². The fourth-order valence-electron chi connectivity index (χ4n) is 5.23. The molecule has 7 nitrogen and oxygen atoms in total. The van der Waals surface area contributed by atoms with Gasteiger partial charge in [0.15, 0.2) is 5.82 Å². The van der Waals surface area contributed by atoms with Crippen LogP contribution >= 0.6 is 0 Å². The summed E-state index contributed by atoms with van der Waals surface area (Å²) in [5, 5.41) is 4.08. The van der Waals surface area contributed by atoms with Crippen LogP contribution in [0.2, 0.25) is 0 Å². The second kappa shape index (κ2) is 11.4. The van der Waals surface area contributed by atoms with Crippen molar-refractivity contribution in [2.45, 2.75) is 65.7 Å². The van der Waals surface area contributed by atoms with E-state index in [1.54, 1.807) is 17.0 Å². The number of hydrogen-bond acceptors (Lipinski definition) is 6. The van der Waals surface area contributed by atoms with Crippen molar-refractivity contribution < 1.29 is 18.4 Å². The fourth-order valence-corrected chi connectivity index (χ4v) is 5.23. The highest BCUT2D eigenvalue weighted by Gasteiger charge is 2.43. The van der Waals surface area contributed by atoms with Crippen LogP contribution < -0.4 is 9.64 Å². The van der Waals surface area contributed by atoms with Crippen molar-refractivity contribution in [3.8, 4) is 5.75 Å². The molecule has 0 spiro atoms. The van der Waals surface area contributed by atoms with Crippen LogP contribution in [0.3, 0.4) is 0 Å². The average Bonchev–Trinajstić information content (AvgIpc) is 3.44. The standard InChI is InChI=1S/C27H39FN4O3/c1-5-31(6-2)25(33)16-21-7-8-22(17-24(21)28)34-14-11-20-15-23(20)19-9-12-32(13-10-19)27-29-26(18(3)4)30-35-27/h7-8,17-20,23H,5-6,9-16H2,1-4H3/t20-,23-/m1/s1. The van der Waals surface area contributed by atoms with E-state index in [9.17, 15) is 9.18 Å². The number of aromatic nitrogens is 2. The van der Waals surface area contributed by atoms with Crippen molar-refractivity contribution in [2.75, 3.05) is 37.7 Å². The number of hydrogen-bond donors (Lipinski definition) is 0. The first-order chi connectivity index (χ1) is 16.9. The molecule has 1 amide bonds. The number of benzene rings is 1. The molecule has 4 rings (SSSR count). The van der Waals surface area contributed by atoms with Crippen molar-refractivity contribution in [1.29, 1.82) is 0 Å². The topological polar surface area (TPSA) is 71.7 Å². The van der Waals surface area contributed by atoms with Crippen molar-refractivity contribution in [3.63, 3.8) is 0 Å². The Morgan fingerprint density at radius 2 is 2.00 bits per heavy atom. The van der Waals surface area contributed by atoms with E-state index in [1.165, 1.54) is 12.5 Å². The Hall–Kier alpha value is -2.64. The molecule has 1 saturated carbocycles. The van der Waals surface area contributed by atoms with Gasteiger partial charge in [0.25, 0.3) is 0 Å². The quantitative estimate of drug-likeness (QED) is 0.442. The Balaban J connectivity index is 1.17. The van der Waals surface area contributed by atoms with Gasteiger partial charge in [0.1, 0.15) is 11.6 Å². The Labute approximate surface area is 208 Å². The Morgan fingerprint density at radius 1 is 1.26 bits per heavy atom. The van der Waals surface area contributed by atoms with Crippen molar-refractivity contribution >= 4 is 11.9 Å². The number of amides is 1. The van der Waals surface area contributed by atoms with Crippen LogP contribution in [0.15, 0.2) is 22.7 Å². The normalized spacial score (nSPS) is 20.3. The van der Waals surface area contributed by atoms with Gasteiger partial charge in [0.2, 0.25) is 5.91 Å². The Kier molecular flexibility index (Phi) is 8.29. The largest absolute Gasteiger partial charge is 0.493 e. The molecule has 1 aromatic heterocycles. The number of ether oxygens (including phenoxy) is 1. The lowest BCUT2D eigenvalue weighted by molar-refractivity contribution is -0.130. The van der Waals surface area contributed by atoms with Crippen molar-refractivity contribution in [1.82, 2.24) is 15.0 Å². The number of halogens is 1. The number of likely N-dealkylation sites (N-methyl/N-ethyl adjacent to an activating group) is 1. The highest BCUT2D eigenvalue weighted by Crippen LogP contribution is 2.50. The van der Waals surface area contributed by atoms with Crippen LogP contribution in [0.4, 0.5) is 10.4 Å². The van der Waals surface area contributed by atoms with E-state index in [0.29, 0.717) is 42.9 Å². The lowest BCUT2D eigenvalue weighted by Crippen LogP contribution is -2.34. The van der Waals surface area contributed by atoms with Gasteiger partial charge in [-0.15, -0.1) is 0 Å². The molecular weight excluding hydrogens is 447 g/mol. The van der Waals surface area contributed by atoms with Crippen LogP contribution in [0.5, 0.6) is 5.75 Å². The van der Waals surface area contributed by atoms with Crippen LogP contribution in [0, 0.1) is 23.6 Å². The smallest absolute Gasteiger partial charge is 0.324 e. The molecule has 2 aromatic rings. The summed E-state index contributed by atoms with van der Waals surface area (Å²) in [6.45, 7) is 11.8. The number of rotatable bonds is 11. The molecule has 192 valence electrons. The van der Waals surface area contributed by atoms with Crippen LogP contribution in [-0.4, -0.2) is 53.7 Å². The third-order valence-electron chi connectivity index (χ3n) is 7.58. The molecule has 2 fully saturated rings. The molecule has 8 heteroatoms. The molecule has 35 heavy (non-hydrogen) atoms. The zero-order chi connectivity index (χ0) is 24.9. The number of anilines is 1. The molecule has 0 N–H and O–H groups in total. The second-order valence-electron chi connectivity index (χ2n) is 10.2. The van der Waals surface area contributed by atoms with Gasteiger partial charge in [0.05, 0.1) is 13.0 Å².